The molecule has 0 spiro atoms. The van der Waals surface area contributed by atoms with Gasteiger partial charge in [0, 0.05) is 7.05 Å². The van der Waals surface area contributed by atoms with Gasteiger partial charge in [-0.05, 0) is 41.7 Å². The first-order valence-corrected chi connectivity index (χ1v) is 9.11. The largest absolute Gasteiger partial charge is 0.277 e. The highest BCUT2D eigenvalue weighted by Gasteiger charge is 2.19. The van der Waals surface area contributed by atoms with Crippen LogP contribution < -0.4 is 22.2 Å². The lowest BCUT2D eigenvalue weighted by molar-refractivity contribution is 0.751. The lowest BCUT2D eigenvalue weighted by atomic mass is 9.93. The van der Waals surface area contributed by atoms with Crippen LogP contribution >= 0.6 is 0 Å². The molecule has 0 saturated carbocycles. The van der Waals surface area contributed by atoms with Crippen LogP contribution in [0.25, 0.3) is 27.6 Å². The first-order chi connectivity index (χ1) is 13.5. The molecule has 5 rings (SSSR count). The standard InChI is InChI=1S/C22H16N2O4/c1-23-19(25)15-9-17-18(10-16(15)20(23)26)22(28)24(21(17)27)11-13-7-4-6-12-5-2-3-8-14(12)13/h3-4,6-10H,2,5,11H2,1H3. The molecule has 2 heterocycles. The van der Waals surface area contributed by atoms with Crippen LogP contribution in [0.15, 0.2) is 55.6 Å². The van der Waals surface area contributed by atoms with Gasteiger partial charge >= 0.3 is 0 Å². The van der Waals surface area contributed by atoms with Gasteiger partial charge in [-0.25, -0.2) is 0 Å². The van der Waals surface area contributed by atoms with Crippen LogP contribution in [0.2, 0.25) is 0 Å². The van der Waals surface area contributed by atoms with Gasteiger partial charge < -0.3 is 0 Å². The van der Waals surface area contributed by atoms with Crippen molar-refractivity contribution in [3.05, 3.63) is 94.5 Å². The monoisotopic (exact) mass is 372 g/mol. The number of hydrogen-bond acceptors (Lipinski definition) is 4. The molecular formula is C22H16N2O4. The minimum atomic E-state index is -0.455. The van der Waals surface area contributed by atoms with Gasteiger partial charge in [0.2, 0.25) is 0 Å². The molecule has 0 N–H and O–H groups in total. The van der Waals surface area contributed by atoms with Crippen LogP contribution in [-0.4, -0.2) is 9.13 Å². The molecule has 2 aromatic heterocycles. The highest BCUT2D eigenvalue weighted by atomic mass is 16.2. The van der Waals surface area contributed by atoms with Crippen molar-refractivity contribution < 1.29 is 0 Å². The second-order valence-electron chi connectivity index (χ2n) is 7.24. The molecule has 0 saturated heterocycles. The third kappa shape index (κ3) is 2.14. The third-order valence-corrected chi connectivity index (χ3v) is 5.66. The highest BCUT2D eigenvalue weighted by molar-refractivity contribution is 5.97. The van der Waals surface area contributed by atoms with Crippen LogP contribution in [0.5, 0.6) is 0 Å². The molecule has 0 amide bonds. The van der Waals surface area contributed by atoms with Crippen molar-refractivity contribution in [2.75, 3.05) is 0 Å². The Labute approximate surface area is 158 Å². The van der Waals surface area contributed by atoms with E-state index in [0.29, 0.717) is 0 Å². The molecule has 0 atom stereocenters. The van der Waals surface area contributed by atoms with Crippen molar-refractivity contribution in [1.82, 2.24) is 9.13 Å². The van der Waals surface area contributed by atoms with Gasteiger partial charge in [-0.2, -0.15) is 0 Å². The van der Waals surface area contributed by atoms with E-state index < -0.39 is 22.2 Å². The van der Waals surface area contributed by atoms with E-state index in [9.17, 15) is 19.2 Å². The fraction of sp³-hybridized carbons (Fsp3) is 0.182. The number of hydrogen-bond donors (Lipinski definition) is 0. The van der Waals surface area contributed by atoms with Crippen molar-refractivity contribution in [2.24, 2.45) is 7.05 Å². The Bertz CT molecular complexity index is 1450. The summed E-state index contributed by atoms with van der Waals surface area (Å²) in [5.74, 6) is 0. The summed E-state index contributed by atoms with van der Waals surface area (Å²) in [6, 6.07) is 8.68. The summed E-state index contributed by atoms with van der Waals surface area (Å²) in [7, 11) is 1.39. The van der Waals surface area contributed by atoms with E-state index in [-0.39, 0.29) is 28.1 Å². The van der Waals surface area contributed by atoms with E-state index in [1.807, 2.05) is 18.2 Å². The Morgan fingerprint density at radius 1 is 0.857 bits per heavy atom. The van der Waals surface area contributed by atoms with E-state index >= 15 is 0 Å². The fourth-order valence-electron chi connectivity index (χ4n) is 4.13. The van der Waals surface area contributed by atoms with Gasteiger partial charge in [0.05, 0.1) is 28.1 Å². The van der Waals surface area contributed by atoms with Crippen molar-refractivity contribution in [3.8, 4) is 0 Å². The zero-order chi connectivity index (χ0) is 19.6. The van der Waals surface area contributed by atoms with Crippen LogP contribution in [-0.2, 0) is 20.0 Å². The number of allylic oxidation sites excluding steroid dienone is 1. The Kier molecular flexibility index (Phi) is 3.40. The van der Waals surface area contributed by atoms with Crippen LogP contribution in [0.3, 0.4) is 0 Å². The summed E-state index contributed by atoms with van der Waals surface area (Å²) in [5.41, 5.74) is 1.38. The molecule has 6 nitrogen and oxygen atoms in total. The molecule has 0 radical (unpaired) electrons. The first kappa shape index (κ1) is 16.6. The van der Waals surface area contributed by atoms with E-state index in [1.165, 1.54) is 29.3 Å². The summed E-state index contributed by atoms with van der Waals surface area (Å²) in [5, 5.41) is 0.713. The van der Waals surface area contributed by atoms with E-state index in [4.69, 9.17) is 0 Å². The number of aryl methyl sites for hydroxylation is 1. The molecule has 0 aliphatic heterocycles. The summed E-state index contributed by atoms with van der Waals surface area (Å²) < 4.78 is 2.19. The maximum absolute atomic E-state index is 12.9. The van der Waals surface area contributed by atoms with Crippen molar-refractivity contribution in [2.45, 2.75) is 19.4 Å². The predicted octanol–water partition coefficient (Wildman–Crippen LogP) is 1.46. The second kappa shape index (κ2) is 5.73. The smallest absolute Gasteiger partial charge is 0.261 e. The second-order valence-corrected chi connectivity index (χ2v) is 7.24. The SMILES string of the molecule is Cn1c(=O)c2cc3c(=O)n(Cc4cccc5c4C=CCC5)c(=O)c3cc2c1=O. The number of aromatic nitrogens is 2. The molecule has 28 heavy (non-hydrogen) atoms. The summed E-state index contributed by atoms with van der Waals surface area (Å²) in [6.45, 7) is 0.159. The normalized spacial score (nSPS) is 13.5. The Balaban J connectivity index is 1.75. The predicted molar refractivity (Wildman–Crippen MR) is 109 cm³/mol. The molecule has 1 aliphatic carbocycles. The van der Waals surface area contributed by atoms with Crippen molar-refractivity contribution >= 4 is 27.6 Å². The minimum Gasteiger partial charge on any atom is -0.277 e. The Morgan fingerprint density at radius 3 is 2.11 bits per heavy atom. The fourth-order valence-corrected chi connectivity index (χ4v) is 4.13. The van der Waals surface area contributed by atoms with Crippen molar-refractivity contribution in [1.29, 1.82) is 0 Å². The van der Waals surface area contributed by atoms with Gasteiger partial charge in [-0.15, -0.1) is 0 Å². The Hall–Kier alpha value is -3.54. The van der Waals surface area contributed by atoms with E-state index in [1.54, 1.807) is 0 Å². The average molecular weight is 372 g/mol. The lowest BCUT2D eigenvalue weighted by Gasteiger charge is -2.14. The zero-order valence-electron chi connectivity index (χ0n) is 15.2. The van der Waals surface area contributed by atoms with E-state index in [0.717, 1.165) is 28.5 Å². The molecule has 0 fully saturated rings. The van der Waals surface area contributed by atoms with Crippen LogP contribution in [0.1, 0.15) is 23.1 Å². The molecule has 6 heteroatoms. The molecular weight excluding hydrogens is 356 g/mol. The van der Waals surface area contributed by atoms with Gasteiger partial charge in [0.1, 0.15) is 0 Å². The summed E-state index contributed by atoms with van der Waals surface area (Å²) in [6.07, 6.45) is 6.04. The molecule has 2 aromatic carbocycles. The van der Waals surface area contributed by atoms with Gasteiger partial charge in [0.15, 0.2) is 0 Å². The molecule has 0 unspecified atom stereocenters. The Morgan fingerprint density at radius 2 is 1.46 bits per heavy atom. The van der Waals surface area contributed by atoms with Crippen LogP contribution in [0.4, 0.5) is 0 Å². The summed E-state index contributed by atoms with van der Waals surface area (Å²) >= 11 is 0. The first-order valence-electron chi connectivity index (χ1n) is 9.11. The molecule has 0 bridgehead atoms. The molecule has 4 aromatic rings. The highest BCUT2D eigenvalue weighted by Crippen LogP contribution is 2.23. The van der Waals surface area contributed by atoms with Crippen LogP contribution in [0, 0.1) is 0 Å². The summed E-state index contributed by atoms with van der Waals surface area (Å²) in [4.78, 5) is 50.3. The maximum atomic E-state index is 12.9. The quantitative estimate of drug-likeness (QED) is 0.534. The zero-order valence-corrected chi connectivity index (χ0v) is 15.2. The molecule has 1 aliphatic rings. The van der Waals surface area contributed by atoms with Gasteiger partial charge in [-0.3, -0.25) is 28.3 Å². The number of nitrogens with zero attached hydrogens (tertiary/aromatic N) is 2. The van der Waals surface area contributed by atoms with Gasteiger partial charge in [-0.1, -0.05) is 30.4 Å². The number of benzene rings is 2. The minimum absolute atomic E-state index is 0.159. The molecule has 138 valence electrons. The van der Waals surface area contributed by atoms with Gasteiger partial charge in [0.25, 0.3) is 22.2 Å². The lowest BCUT2D eigenvalue weighted by Crippen LogP contribution is -2.26. The van der Waals surface area contributed by atoms with Crippen molar-refractivity contribution in [3.63, 3.8) is 0 Å². The third-order valence-electron chi connectivity index (χ3n) is 5.66. The average Bonchev–Trinajstić information content (AvgIpc) is 3.07. The maximum Gasteiger partial charge on any atom is 0.261 e. The number of rotatable bonds is 2. The number of fused-ring (bicyclic) bond motifs is 3. The van der Waals surface area contributed by atoms with E-state index in [2.05, 4.69) is 12.1 Å². The topological polar surface area (TPSA) is 78.1 Å².